The summed E-state index contributed by atoms with van der Waals surface area (Å²) in [6.07, 6.45) is 12.0. The largest absolute Gasteiger partial charge is 0.385 e. The van der Waals surface area contributed by atoms with Crippen LogP contribution in [0, 0.1) is 0 Å². The average molecular weight is 256 g/mol. The molecule has 0 bridgehead atoms. The first-order chi connectivity index (χ1) is 8.11. The van der Waals surface area contributed by atoms with Crippen molar-refractivity contribution >= 4 is 17.5 Å². The number of aliphatic hydroxyl groups is 1. The predicted molar refractivity (Wildman–Crippen MR) is 74.2 cm³/mol. The maximum atomic E-state index is 11.5. The molecule has 0 spiro atoms. The van der Waals surface area contributed by atoms with Gasteiger partial charge in [0.05, 0.1) is 5.60 Å². The molecule has 0 saturated heterocycles. The molecule has 1 unspecified atom stereocenters. The Hall–Kier alpha value is -0.280. The Morgan fingerprint density at radius 1 is 1.29 bits per heavy atom. The van der Waals surface area contributed by atoms with E-state index in [1.165, 1.54) is 43.9 Å². The van der Waals surface area contributed by atoms with E-state index in [9.17, 15) is 9.90 Å². The van der Waals surface area contributed by atoms with Crippen molar-refractivity contribution in [2.45, 2.75) is 63.9 Å². The summed E-state index contributed by atoms with van der Waals surface area (Å²) in [5, 5.41) is 10.3. The highest BCUT2D eigenvalue weighted by Gasteiger charge is 2.35. The number of carbonyl (C=O) groups is 1. The van der Waals surface area contributed by atoms with Crippen LogP contribution in [0.5, 0.6) is 0 Å². The minimum absolute atomic E-state index is 0.103. The van der Waals surface area contributed by atoms with Gasteiger partial charge in [0.1, 0.15) is 0 Å². The van der Waals surface area contributed by atoms with E-state index < -0.39 is 5.60 Å². The smallest absolute Gasteiger partial charge is 0.172 e. The third kappa shape index (κ3) is 4.84. The zero-order valence-electron chi connectivity index (χ0n) is 11.0. The fourth-order valence-electron chi connectivity index (χ4n) is 2.29. The van der Waals surface area contributed by atoms with E-state index in [1.54, 1.807) is 6.08 Å². The Labute approximate surface area is 109 Å². The minimum Gasteiger partial charge on any atom is -0.385 e. The summed E-state index contributed by atoms with van der Waals surface area (Å²) in [5.41, 5.74) is -0.847. The predicted octanol–water partition coefficient (Wildman–Crippen LogP) is 3.69. The molecule has 98 valence electrons. The van der Waals surface area contributed by atoms with Crippen LogP contribution in [0.2, 0.25) is 0 Å². The quantitative estimate of drug-likeness (QED) is 0.673. The van der Waals surface area contributed by atoms with Gasteiger partial charge in [-0.1, -0.05) is 45.4 Å². The molecule has 0 aliphatic heterocycles. The van der Waals surface area contributed by atoms with Crippen molar-refractivity contribution in [2.75, 3.05) is 6.26 Å². The summed E-state index contributed by atoms with van der Waals surface area (Å²) in [6, 6.07) is 0. The molecule has 0 aromatic carbocycles. The van der Waals surface area contributed by atoms with Gasteiger partial charge in [-0.15, -0.1) is 11.8 Å². The van der Waals surface area contributed by atoms with Gasteiger partial charge < -0.3 is 5.11 Å². The highest BCUT2D eigenvalue weighted by molar-refractivity contribution is 8.03. The second-order valence-corrected chi connectivity index (χ2v) is 5.78. The second kappa shape index (κ2) is 7.22. The van der Waals surface area contributed by atoms with Crippen LogP contribution in [-0.2, 0) is 4.79 Å². The van der Waals surface area contributed by atoms with Gasteiger partial charge in [-0.2, -0.15) is 0 Å². The van der Waals surface area contributed by atoms with Crippen molar-refractivity contribution in [3.05, 3.63) is 11.0 Å². The maximum Gasteiger partial charge on any atom is 0.172 e. The van der Waals surface area contributed by atoms with Gasteiger partial charge in [0.2, 0.25) is 0 Å². The molecular formula is C14H24O2S. The van der Waals surface area contributed by atoms with Crippen LogP contribution in [0.3, 0.4) is 0 Å². The van der Waals surface area contributed by atoms with Crippen LogP contribution in [0.1, 0.15) is 58.3 Å². The summed E-state index contributed by atoms with van der Waals surface area (Å²) in [5.74, 6) is 0.103. The van der Waals surface area contributed by atoms with E-state index in [1.807, 2.05) is 6.26 Å². The molecule has 1 atom stereocenters. The highest BCUT2D eigenvalue weighted by Crippen LogP contribution is 2.34. The Balaban J connectivity index is 2.23. The molecule has 1 rings (SSSR count). The lowest BCUT2D eigenvalue weighted by molar-refractivity contribution is -0.116. The summed E-state index contributed by atoms with van der Waals surface area (Å²) >= 11 is 1.44. The fraction of sp³-hybridized carbons (Fsp3) is 0.786. The van der Waals surface area contributed by atoms with Crippen LogP contribution < -0.4 is 0 Å². The van der Waals surface area contributed by atoms with E-state index in [4.69, 9.17) is 0 Å². The van der Waals surface area contributed by atoms with Gasteiger partial charge in [0.25, 0.3) is 0 Å². The van der Waals surface area contributed by atoms with Crippen LogP contribution >= 0.6 is 11.8 Å². The summed E-state index contributed by atoms with van der Waals surface area (Å²) < 4.78 is 0. The van der Waals surface area contributed by atoms with Gasteiger partial charge in [0, 0.05) is 11.3 Å². The van der Waals surface area contributed by atoms with Crippen molar-refractivity contribution in [2.24, 2.45) is 0 Å². The molecule has 1 N–H and O–H groups in total. The Kier molecular flexibility index (Phi) is 6.28. The SMILES string of the molecule is CCCCCCCCC1(O)C=C(SC)C(=O)C1. The monoisotopic (exact) mass is 256 g/mol. The summed E-state index contributed by atoms with van der Waals surface area (Å²) in [7, 11) is 0. The van der Waals surface area contributed by atoms with Crippen LogP contribution in [0.15, 0.2) is 11.0 Å². The number of Topliss-reactive ketones (excluding diaryl/α,β-unsaturated/α-hetero) is 1. The lowest BCUT2D eigenvalue weighted by Crippen LogP contribution is -2.24. The number of ketones is 1. The Morgan fingerprint density at radius 2 is 1.94 bits per heavy atom. The van der Waals surface area contributed by atoms with Crippen molar-refractivity contribution < 1.29 is 9.90 Å². The van der Waals surface area contributed by atoms with Gasteiger partial charge in [-0.3, -0.25) is 4.79 Å². The molecule has 0 saturated carbocycles. The molecule has 0 aromatic rings. The standard InChI is InChI=1S/C14H24O2S/c1-3-4-5-6-7-8-9-14(16)10-12(15)13(11-14)17-2/h11,16H,3-10H2,1-2H3. The Morgan fingerprint density at radius 3 is 2.53 bits per heavy atom. The number of unbranched alkanes of at least 4 members (excludes halogenated alkanes) is 5. The third-order valence-electron chi connectivity index (χ3n) is 3.32. The molecule has 1 aliphatic carbocycles. The number of allylic oxidation sites excluding steroid dienone is 1. The molecule has 0 aromatic heterocycles. The number of carbonyl (C=O) groups excluding carboxylic acids is 1. The molecule has 0 radical (unpaired) electrons. The zero-order chi connectivity index (χ0) is 12.7. The maximum absolute atomic E-state index is 11.5. The molecular weight excluding hydrogens is 232 g/mol. The average Bonchev–Trinajstić information content (AvgIpc) is 2.59. The Bertz CT molecular complexity index is 286. The van der Waals surface area contributed by atoms with Gasteiger partial charge >= 0.3 is 0 Å². The first-order valence-electron chi connectivity index (χ1n) is 6.64. The lowest BCUT2D eigenvalue weighted by Gasteiger charge is -2.18. The molecule has 1 aliphatic rings. The number of hydrogen-bond donors (Lipinski definition) is 1. The summed E-state index contributed by atoms with van der Waals surface area (Å²) in [6.45, 7) is 2.21. The molecule has 2 nitrogen and oxygen atoms in total. The molecule has 3 heteroatoms. The van der Waals surface area contributed by atoms with Gasteiger partial charge in [-0.05, 0) is 18.8 Å². The topological polar surface area (TPSA) is 37.3 Å². The number of rotatable bonds is 8. The van der Waals surface area contributed by atoms with Crippen LogP contribution in [-0.4, -0.2) is 22.7 Å². The third-order valence-corrected chi connectivity index (χ3v) is 4.11. The number of thioether (sulfide) groups is 1. The molecule has 0 fully saturated rings. The minimum atomic E-state index is -0.847. The van der Waals surface area contributed by atoms with E-state index in [2.05, 4.69) is 6.92 Å². The summed E-state index contributed by atoms with van der Waals surface area (Å²) in [4.78, 5) is 12.3. The van der Waals surface area contributed by atoms with E-state index in [0.717, 1.165) is 17.7 Å². The molecule has 0 amide bonds. The first-order valence-corrected chi connectivity index (χ1v) is 7.86. The van der Waals surface area contributed by atoms with Crippen LogP contribution in [0.4, 0.5) is 0 Å². The molecule has 17 heavy (non-hydrogen) atoms. The van der Waals surface area contributed by atoms with Crippen LogP contribution in [0.25, 0.3) is 0 Å². The second-order valence-electron chi connectivity index (χ2n) is 4.93. The van der Waals surface area contributed by atoms with Crippen molar-refractivity contribution in [3.63, 3.8) is 0 Å². The van der Waals surface area contributed by atoms with Gasteiger partial charge in [0.15, 0.2) is 5.78 Å². The molecule has 0 heterocycles. The van der Waals surface area contributed by atoms with E-state index in [0.29, 0.717) is 0 Å². The van der Waals surface area contributed by atoms with E-state index >= 15 is 0 Å². The zero-order valence-corrected chi connectivity index (χ0v) is 11.8. The lowest BCUT2D eigenvalue weighted by atomic mass is 9.95. The fourth-order valence-corrected chi connectivity index (χ4v) is 2.92. The van der Waals surface area contributed by atoms with Crippen molar-refractivity contribution in [3.8, 4) is 0 Å². The first kappa shape index (κ1) is 14.8. The van der Waals surface area contributed by atoms with Crippen molar-refractivity contribution in [1.29, 1.82) is 0 Å². The van der Waals surface area contributed by atoms with E-state index in [-0.39, 0.29) is 12.2 Å². The van der Waals surface area contributed by atoms with Gasteiger partial charge in [-0.25, -0.2) is 0 Å². The normalized spacial score (nSPS) is 24.2. The highest BCUT2D eigenvalue weighted by atomic mass is 32.2. The van der Waals surface area contributed by atoms with Crippen molar-refractivity contribution in [1.82, 2.24) is 0 Å². The number of hydrogen-bond acceptors (Lipinski definition) is 3.